The van der Waals surface area contributed by atoms with Gasteiger partial charge in [0.1, 0.15) is 5.69 Å². The van der Waals surface area contributed by atoms with Crippen molar-refractivity contribution in [3.63, 3.8) is 0 Å². The van der Waals surface area contributed by atoms with Gasteiger partial charge in [0.05, 0.1) is 23.0 Å². The van der Waals surface area contributed by atoms with Crippen LogP contribution in [0.25, 0.3) is 0 Å². The highest BCUT2D eigenvalue weighted by Crippen LogP contribution is 2.21. The number of carboxylic acid groups (broad SMARTS) is 1. The van der Waals surface area contributed by atoms with Crippen molar-refractivity contribution in [2.24, 2.45) is 7.05 Å². The summed E-state index contributed by atoms with van der Waals surface area (Å²) in [6.45, 7) is 3.99. The smallest absolute Gasteiger partial charge is 0.352 e. The van der Waals surface area contributed by atoms with Crippen LogP contribution in [0, 0.1) is 13.8 Å². The third kappa shape index (κ3) is 2.01. The quantitative estimate of drug-likeness (QED) is 0.928. The first kappa shape index (κ1) is 12.7. The van der Waals surface area contributed by atoms with Crippen LogP contribution in [-0.4, -0.2) is 25.4 Å². The summed E-state index contributed by atoms with van der Waals surface area (Å²) in [5, 5.41) is 14.0. The largest absolute Gasteiger partial charge is 0.477 e. The molecule has 2 heterocycles. The zero-order valence-electron chi connectivity index (χ0n) is 10.4. The Morgan fingerprint density at radius 1 is 1.50 bits per heavy atom. The average Bonchev–Trinajstić information content (AvgIpc) is 2.75. The van der Waals surface area contributed by atoms with Gasteiger partial charge in [-0.3, -0.25) is 4.68 Å². The molecule has 0 saturated heterocycles. The van der Waals surface area contributed by atoms with Gasteiger partial charge in [0.25, 0.3) is 0 Å². The molecule has 2 aromatic rings. The van der Waals surface area contributed by atoms with E-state index in [1.54, 1.807) is 35.5 Å². The van der Waals surface area contributed by atoms with Crippen LogP contribution in [0.3, 0.4) is 0 Å². The molecule has 0 saturated carbocycles. The topological polar surface area (TPSA) is 60.0 Å². The highest BCUT2D eigenvalue weighted by atomic mass is 35.5. The van der Waals surface area contributed by atoms with E-state index >= 15 is 0 Å². The number of hydrogen-bond acceptors (Lipinski definition) is 2. The maximum atomic E-state index is 11.2. The first-order valence-electron chi connectivity index (χ1n) is 5.48. The van der Waals surface area contributed by atoms with Crippen molar-refractivity contribution >= 4 is 17.6 Å². The van der Waals surface area contributed by atoms with Gasteiger partial charge < -0.3 is 9.67 Å². The minimum absolute atomic E-state index is 0.282. The molecule has 0 fully saturated rings. The molecule has 1 N–H and O–H groups in total. The lowest BCUT2D eigenvalue weighted by Gasteiger charge is -2.08. The summed E-state index contributed by atoms with van der Waals surface area (Å²) in [4.78, 5) is 11.2. The Morgan fingerprint density at radius 2 is 2.17 bits per heavy atom. The zero-order valence-corrected chi connectivity index (χ0v) is 11.2. The summed E-state index contributed by atoms with van der Waals surface area (Å²) in [7, 11) is 1.80. The minimum Gasteiger partial charge on any atom is -0.477 e. The number of nitrogens with zero attached hydrogens (tertiary/aromatic N) is 3. The van der Waals surface area contributed by atoms with Gasteiger partial charge in [0.15, 0.2) is 0 Å². The Balaban J connectivity index is 2.43. The highest BCUT2D eigenvalue weighted by molar-refractivity contribution is 6.31. The van der Waals surface area contributed by atoms with Crippen molar-refractivity contribution in [3.8, 4) is 0 Å². The van der Waals surface area contributed by atoms with Gasteiger partial charge in [0.2, 0.25) is 0 Å². The van der Waals surface area contributed by atoms with E-state index < -0.39 is 5.97 Å². The van der Waals surface area contributed by atoms with E-state index in [1.165, 1.54) is 0 Å². The van der Waals surface area contributed by atoms with Crippen molar-refractivity contribution in [2.75, 3.05) is 0 Å². The van der Waals surface area contributed by atoms with Crippen LogP contribution in [0.4, 0.5) is 0 Å². The third-order valence-electron chi connectivity index (χ3n) is 2.95. The summed E-state index contributed by atoms with van der Waals surface area (Å²) in [5.41, 5.74) is 2.56. The van der Waals surface area contributed by atoms with Crippen molar-refractivity contribution in [1.82, 2.24) is 14.3 Å². The summed E-state index contributed by atoms with van der Waals surface area (Å²) in [6.07, 6.45) is 1.75. The Labute approximate surface area is 110 Å². The molecular weight excluding hydrogens is 254 g/mol. The van der Waals surface area contributed by atoms with Crippen LogP contribution in [0.5, 0.6) is 0 Å². The van der Waals surface area contributed by atoms with Gasteiger partial charge in [-0.15, -0.1) is 0 Å². The molecule has 6 heteroatoms. The van der Waals surface area contributed by atoms with Crippen LogP contribution >= 0.6 is 11.6 Å². The van der Waals surface area contributed by atoms with Gasteiger partial charge in [0, 0.05) is 13.2 Å². The van der Waals surface area contributed by atoms with Crippen LogP contribution in [0.15, 0.2) is 12.3 Å². The van der Waals surface area contributed by atoms with Crippen molar-refractivity contribution in [1.29, 1.82) is 0 Å². The standard InChI is InChI=1S/C12H14ClN3O2/c1-7-4-5-16(11(7)12(17)18)6-9-10(13)8(2)14-15(9)3/h4-5H,6H2,1-3H3,(H,17,18). The summed E-state index contributed by atoms with van der Waals surface area (Å²) in [6, 6.07) is 1.78. The fourth-order valence-electron chi connectivity index (χ4n) is 2.02. The van der Waals surface area contributed by atoms with Crippen molar-refractivity contribution < 1.29 is 9.90 Å². The van der Waals surface area contributed by atoms with Crippen molar-refractivity contribution in [3.05, 3.63) is 39.9 Å². The molecule has 2 rings (SSSR count). The summed E-state index contributed by atoms with van der Waals surface area (Å²) < 4.78 is 3.35. The second kappa shape index (κ2) is 4.49. The minimum atomic E-state index is -0.937. The Bertz CT molecular complexity index is 613. The van der Waals surface area contributed by atoms with Crippen LogP contribution in [-0.2, 0) is 13.6 Å². The molecule has 0 aliphatic heterocycles. The number of aryl methyl sites for hydroxylation is 3. The SMILES string of the molecule is Cc1ccn(Cc2c(Cl)c(C)nn2C)c1C(=O)O. The number of carbonyl (C=O) groups is 1. The van der Waals surface area contributed by atoms with Gasteiger partial charge in [-0.1, -0.05) is 11.6 Å². The molecule has 0 aliphatic rings. The van der Waals surface area contributed by atoms with Crippen LogP contribution < -0.4 is 0 Å². The lowest BCUT2D eigenvalue weighted by molar-refractivity contribution is 0.0685. The van der Waals surface area contributed by atoms with Crippen LogP contribution in [0.2, 0.25) is 5.02 Å². The predicted octanol–water partition coefficient (Wildman–Crippen LogP) is 2.24. The number of aromatic carboxylic acids is 1. The van der Waals surface area contributed by atoms with Gasteiger partial charge in [-0.05, 0) is 25.5 Å². The first-order valence-corrected chi connectivity index (χ1v) is 5.86. The van der Waals surface area contributed by atoms with E-state index in [2.05, 4.69) is 5.10 Å². The molecule has 0 unspecified atom stereocenters. The number of halogens is 1. The van der Waals surface area contributed by atoms with E-state index in [9.17, 15) is 9.90 Å². The Hall–Kier alpha value is -1.75. The highest BCUT2D eigenvalue weighted by Gasteiger charge is 2.17. The van der Waals surface area contributed by atoms with Crippen LogP contribution in [0.1, 0.15) is 27.4 Å². The molecule has 96 valence electrons. The maximum absolute atomic E-state index is 11.2. The molecule has 0 spiro atoms. The lowest BCUT2D eigenvalue weighted by atomic mass is 10.2. The number of hydrogen-bond donors (Lipinski definition) is 1. The molecule has 0 aliphatic carbocycles. The second-order valence-corrected chi connectivity index (χ2v) is 4.63. The molecule has 2 aromatic heterocycles. The molecule has 0 amide bonds. The maximum Gasteiger partial charge on any atom is 0.352 e. The number of carboxylic acids is 1. The summed E-state index contributed by atoms with van der Waals surface area (Å²) >= 11 is 6.16. The molecule has 0 atom stereocenters. The van der Waals surface area contributed by atoms with E-state index in [-0.39, 0.29) is 5.69 Å². The fraction of sp³-hybridized carbons (Fsp3) is 0.333. The third-order valence-corrected chi connectivity index (χ3v) is 3.44. The normalized spacial score (nSPS) is 10.9. The van der Waals surface area contributed by atoms with Crippen molar-refractivity contribution in [2.45, 2.75) is 20.4 Å². The molecule has 5 nitrogen and oxygen atoms in total. The fourth-order valence-corrected chi connectivity index (χ4v) is 2.24. The molecule has 0 radical (unpaired) electrons. The lowest BCUT2D eigenvalue weighted by Crippen LogP contribution is -2.12. The predicted molar refractivity (Wildman–Crippen MR) is 68.2 cm³/mol. The van der Waals surface area contributed by atoms with E-state index in [0.29, 0.717) is 11.6 Å². The second-order valence-electron chi connectivity index (χ2n) is 4.25. The van der Waals surface area contributed by atoms with E-state index in [0.717, 1.165) is 17.0 Å². The van der Waals surface area contributed by atoms with E-state index in [1.807, 2.05) is 6.92 Å². The zero-order chi connectivity index (χ0) is 13.4. The monoisotopic (exact) mass is 267 g/mol. The number of rotatable bonds is 3. The van der Waals surface area contributed by atoms with Gasteiger partial charge >= 0.3 is 5.97 Å². The molecular formula is C12H14ClN3O2. The first-order chi connectivity index (χ1) is 8.41. The van der Waals surface area contributed by atoms with Gasteiger partial charge in [-0.25, -0.2) is 4.79 Å². The van der Waals surface area contributed by atoms with Gasteiger partial charge in [-0.2, -0.15) is 5.10 Å². The average molecular weight is 268 g/mol. The number of aromatic nitrogens is 3. The summed E-state index contributed by atoms with van der Waals surface area (Å²) in [5.74, 6) is -0.937. The Morgan fingerprint density at radius 3 is 2.67 bits per heavy atom. The molecule has 0 aromatic carbocycles. The van der Waals surface area contributed by atoms with E-state index in [4.69, 9.17) is 11.6 Å². The Kier molecular flexibility index (Phi) is 3.17. The molecule has 18 heavy (non-hydrogen) atoms. The molecule has 0 bridgehead atoms.